The van der Waals surface area contributed by atoms with Gasteiger partial charge in [-0.2, -0.15) is 0 Å². The molecule has 0 radical (unpaired) electrons. The van der Waals surface area contributed by atoms with Crippen molar-refractivity contribution >= 4 is 33.3 Å². The Balaban J connectivity index is 1.42. The number of rotatable bonds is 7. The summed E-state index contributed by atoms with van der Waals surface area (Å²) in [7, 11) is 0. The van der Waals surface area contributed by atoms with Crippen molar-refractivity contribution in [2.75, 3.05) is 31.6 Å². The van der Waals surface area contributed by atoms with Gasteiger partial charge in [0.05, 0.1) is 4.47 Å². The minimum absolute atomic E-state index is 0.106. The Bertz CT molecular complexity index is 638. The standard InChI is InChI=1S/C19H25BrN2O3/c1-13(23)14-6-8-22(9-7-14)10-11-25-18-5-4-16(12-17(18)20)21-19(24)15-2-3-15/h4-5,12,14-15H,2-3,6-11H2,1H3,(H,21,24). The van der Waals surface area contributed by atoms with Crippen molar-refractivity contribution in [3.63, 3.8) is 0 Å². The Labute approximate surface area is 157 Å². The molecule has 0 atom stereocenters. The third-order valence-electron chi connectivity index (χ3n) is 4.98. The fourth-order valence-corrected chi connectivity index (χ4v) is 3.63. The van der Waals surface area contributed by atoms with E-state index in [1.807, 2.05) is 18.2 Å². The Morgan fingerprint density at radius 3 is 2.52 bits per heavy atom. The molecule has 25 heavy (non-hydrogen) atoms. The molecule has 2 aliphatic rings. The molecule has 0 unspecified atom stereocenters. The lowest BCUT2D eigenvalue weighted by atomic mass is 9.93. The van der Waals surface area contributed by atoms with E-state index in [2.05, 4.69) is 26.1 Å². The second kappa shape index (κ2) is 8.32. The zero-order chi connectivity index (χ0) is 17.8. The van der Waals surface area contributed by atoms with Gasteiger partial charge in [-0.3, -0.25) is 14.5 Å². The molecule has 1 saturated heterocycles. The van der Waals surface area contributed by atoms with Gasteiger partial charge < -0.3 is 10.1 Å². The second-order valence-electron chi connectivity index (χ2n) is 6.98. The summed E-state index contributed by atoms with van der Waals surface area (Å²) in [6.07, 6.45) is 3.90. The highest BCUT2D eigenvalue weighted by Crippen LogP contribution is 2.32. The van der Waals surface area contributed by atoms with E-state index in [4.69, 9.17) is 4.74 Å². The summed E-state index contributed by atoms with van der Waals surface area (Å²) in [6, 6.07) is 5.64. The highest BCUT2D eigenvalue weighted by molar-refractivity contribution is 9.10. The van der Waals surface area contributed by atoms with E-state index in [1.165, 1.54) is 0 Å². The van der Waals surface area contributed by atoms with Crippen LogP contribution in [0.25, 0.3) is 0 Å². The van der Waals surface area contributed by atoms with Gasteiger partial charge >= 0.3 is 0 Å². The van der Waals surface area contributed by atoms with Crippen LogP contribution in [-0.2, 0) is 9.59 Å². The molecule has 136 valence electrons. The normalized spacial score (nSPS) is 18.8. The quantitative estimate of drug-likeness (QED) is 0.749. The van der Waals surface area contributed by atoms with Gasteiger partial charge in [0, 0.05) is 24.1 Å². The zero-order valence-electron chi connectivity index (χ0n) is 14.6. The number of hydrogen-bond acceptors (Lipinski definition) is 4. The van der Waals surface area contributed by atoms with Crippen molar-refractivity contribution in [3.8, 4) is 5.75 Å². The lowest BCUT2D eigenvalue weighted by Gasteiger charge is -2.30. The van der Waals surface area contributed by atoms with Crippen molar-refractivity contribution in [3.05, 3.63) is 22.7 Å². The maximum absolute atomic E-state index is 11.8. The number of ketones is 1. The molecule has 3 rings (SSSR count). The number of piperidine rings is 1. The number of halogens is 1. The van der Waals surface area contributed by atoms with Crippen molar-refractivity contribution < 1.29 is 14.3 Å². The molecular weight excluding hydrogens is 384 g/mol. The van der Waals surface area contributed by atoms with Crippen molar-refractivity contribution in [2.45, 2.75) is 32.6 Å². The van der Waals surface area contributed by atoms with E-state index in [0.717, 1.165) is 61.2 Å². The first kappa shape index (κ1) is 18.4. The maximum Gasteiger partial charge on any atom is 0.227 e. The van der Waals surface area contributed by atoms with Gasteiger partial charge in [0.15, 0.2) is 0 Å². The predicted molar refractivity (Wildman–Crippen MR) is 101 cm³/mol. The van der Waals surface area contributed by atoms with E-state index in [-0.39, 0.29) is 17.7 Å². The van der Waals surface area contributed by atoms with Gasteiger partial charge in [0.2, 0.25) is 5.91 Å². The van der Waals surface area contributed by atoms with Crippen molar-refractivity contribution in [1.82, 2.24) is 4.90 Å². The number of nitrogens with one attached hydrogen (secondary N) is 1. The lowest BCUT2D eigenvalue weighted by Crippen LogP contribution is -2.38. The third kappa shape index (κ3) is 5.28. The van der Waals surface area contributed by atoms with E-state index in [0.29, 0.717) is 12.4 Å². The number of likely N-dealkylation sites (tertiary alicyclic amines) is 1. The number of nitrogens with zero attached hydrogens (tertiary/aromatic N) is 1. The number of ether oxygens (including phenoxy) is 1. The fraction of sp³-hybridized carbons (Fsp3) is 0.579. The van der Waals surface area contributed by atoms with E-state index < -0.39 is 0 Å². The van der Waals surface area contributed by atoms with E-state index >= 15 is 0 Å². The number of hydrogen-bond donors (Lipinski definition) is 1. The number of benzene rings is 1. The average molecular weight is 409 g/mol. The minimum atomic E-state index is 0.106. The molecule has 0 bridgehead atoms. The Morgan fingerprint density at radius 1 is 1.20 bits per heavy atom. The summed E-state index contributed by atoms with van der Waals surface area (Å²) in [5.74, 6) is 1.64. The van der Waals surface area contributed by atoms with Crippen LogP contribution >= 0.6 is 15.9 Å². The molecule has 1 aliphatic carbocycles. The number of anilines is 1. The summed E-state index contributed by atoms with van der Waals surface area (Å²) >= 11 is 3.51. The molecule has 1 aromatic rings. The van der Waals surface area contributed by atoms with Gasteiger partial charge in [-0.15, -0.1) is 0 Å². The summed E-state index contributed by atoms with van der Waals surface area (Å²) < 4.78 is 6.71. The Kier molecular flexibility index (Phi) is 6.12. The second-order valence-corrected chi connectivity index (χ2v) is 7.84. The number of Topliss-reactive ketones (excluding diaryl/α,β-unsaturated/α-hetero) is 1. The Hall–Kier alpha value is -1.40. The zero-order valence-corrected chi connectivity index (χ0v) is 16.2. The van der Waals surface area contributed by atoms with Gasteiger partial charge in [-0.05, 0) is 79.8 Å². The highest BCUT2D eigenvalue weighted by atomic mass is 79.9. The van der Waals surface area contributed by atoms with Gasteiger partial charge in [-0.1, -0.05) is 0 Å². The molecule has 1 amide bonds. The van der Waals surface area contributed by atoms with Crippen LogP contribution in [0.15, 0.2) is 22.7 Å². The van der Waals surface area contributed by atoms with Crippen LogP contribution in [0.1, 0.15) is 32.6 Å². The molecule has 2 fully saturated rings. The summed E-state index contributed by atoms with van der Waals surface area (Å²) in [5, 5.41) is 2.93. The fourth-order valence-electron chi connectivity index (χ4n) is 3.13. The SMILES string of the molecule is CC(=O)C1CCN(CCOc2ccc(NC(=O)C3CC3)cc2Br)CC1. The van der Waals surface area contributed by atoms with Crippen LogP contribution < -0.4 is 10.1 Å². The first-order valence-electron chi connectivity index (χ1n) is 8.99. The molecule has 1 saturated carbocycles. The number of carbonyl (C=O) groups is 2. The van der Waals surface area contributed by atoms with Crippen LogP contribution in [-0.4, -0.2) is 42.8 Å². The van der Waals surface area contributed by atoms with E-state index in [1.54, 1.807) is 6.92 Å². The summed E-state index contributed by atoms with van der Waals surface area (Å²) in [4.78, 5) is 25.5. The van der Waals surface area contributed by atoms with Crippen molar-refractivity contribution in [2.24, 2.45) is 11.8 Å². The smallest absolute Gasteiger partial charge is 0.227 e. The topological polar surface area (TPSA) is 58.6 Å². The van der Waals surface area contributed by atoms with Crippen LogP contribution in [0.4, 0.5) is 5.69 Å². The number of carbonyl (C=O) groups excluding carboxylic acids is 2. The van der Waals surface area contributed by atoms with Crippen LogP contribution in [0.2, 0.25) is 0 Å². The molecule has 0 aromatic heterocycles. The van der Waals surface area contributed by atoms with Crippen LogP contribution in [0, 0.1) is 11.8 Å². The van der Waals surface area contributed by atoms with Gasteiger partial charge in [0.25, 0.3) is 0 Å². The molecule has 1 heterocycles. The molecule has 6 heteroatoms. The average Bonchev–Trinajstić information content (AvgIpc) is 3.42. The number of amides is 1. The van der Waals surface area contributed by atoms with Crippen molar-refractivity contribution in [1.29, 1.82) is 0 Å². The van der Waals surface area contributed by atoms with Gasteiger partial charge in [-0.25, -0.2) is 0 Å². The van der Waals surface area contributed by atoms with Gasteiger partial charge in [0.1, 0.15) is 18.1 Å². The monoisotopic (exact) mass is 408 g/mol. The van der Waals surface area contributed by atoms with Crippen LogP contribution in [0.3, 0.4) is 0 Å². The minimum Gasteiger partial charge on any atom is -0.491 e. The maximum atomic E-state index is 11.8. The van der Waals surface area contributed by atoms with E-state index in [9.17, 15) is 9.59 Å². The molecule has 1 aromatic carbocycles. The molecule has 1 aliphatic heterocycles. The molecular formula is C19H25BrN2O3. The first-order chi connectivity index (χ1) is 12.0. The first-order valence-corrected chi connectivity index (χ1v) is 9.78. The molecule has 1 N–H and O–H groups in total. The third-order valence-corrected chi connectivity index (χ3v) is 5.59. The largest absolute Gasteiger partial charge is 0.491 e. The predicted octanol–water partition coefficient (Wildman–Crippen LogP) is 3.48. The Morgan fingerprint density at radius 2 is 1.92 bits per heavy atom. The summed E-state index contributed by atoms with van der Waals surface area (Å²) in [6.45, 7) is 5.08. The van der Waals surface area contributed by atoms with Crippen LogP contribution in [0.5, 0.6) is 5.75 Å². The molecule has 5 nitrogen and oxygen atoms in total. The lowest BCUT2D eigenvalue weighted by molar-refractivity contribution is -0.122. The summed E-state index contributed by atoms with van der Waals surface area (Å²) in [5.41, 5.74) is 0.794. The molecule has 0 spiro atoms. The highest BCUT2D eigenvalue weighted by Gasteiger charge is 2.29.